The summed E-state index contributed by atoms with van der Waals surface area (Å²) < 4.78 is 5.24. The summed E-state index contributed by atoms with van der Waals surface area (Å²) in [7, 11) is 1.77. The van der Waals surface area contributed by atoms with Gasteiger partial charge in [0, 0.05) is 32.8 Å². The average molecular weight is 294 g/mol. The summed E-state index contributed by atoms with van der Waals surface area (Å²) in [5.41, 5.74) is 0. The molecule has 0 radical (unpaired) electrons. The van der Waals surface area contributed by atoms with E-state index in [9.17, 15) is 4.79 Å². The molecule has 4 nitrogen and oxygen atoms in total. The van der Waals surface area contributed by atoms with Crippen molar-refractivity contribution in [3.63, 3.8) is 0 Å². The molecule has 2 saturated heterocycles. The van der Waals surface area contributed by atoms with Gasteiger partial charge >= 0.3 is 0 Å². The third kappa shape index (κ3) is 3.59. The van der Waals surface area contributed by atoms with E-state index in [2.05, 4.69) is 10.2 Å². The van der Waals surface area contributed by atoms with E-state index in [4.69, 9.17) is 4.74 Å². The zero-order chi connectivity index (χ0) is 14.7. The molecule has 4 heteroatoms. The van der Waals surface area contributed by atoms with Crippen molar-refractivity contribution in [2.75, 3.05) is 26.8 Å². The number of likely N-dealkylation sites (tertiary alicyclic amines) is 1. The fourth-order valence-corrected chi connectivity index (χ4v) is 4.47. The smallest absolute Gasteiger partial charge is 0.239 e. The zero-order valence-corrected chi connectivity index (χ0v) is 13.4. The number of fused-ring (bicyclic) bond motifs is 1. The number of piperidine rings is 2. The Morgan fingerprint density at radius 2 is 1.86 bits per heavy atom. The molecule has 1 aliphatic carbocycles. The minimum atomic E-state index is 0.0864. The maximum atomic E-state index is 12.7. The fourth-order valence-electron chi connectivity index (χ4n) is 4.47. The number of carbonyl (C=O) groups excluding carboxylic acids is 1. The summed E-state index contributed by atoms with van der Waals surface area (Å²) in [6.45, 7) is 2.67. The fraction of sp³-hybridized carbons (Fsp3) is 0.941. The summed E-state index contributed by atoms with van der Waals surface area (Å²) in [4.78, 5) is 14.8. The van der Waals surface area contributed by atoms with Crippen LogP contribution in [0.5, 0.6) is 0 Å². The van der Waals surface area contributed by atoms with Gasteiger partial charge in [0.1, 0.15) is 0 Å². The van der Waals surface area contributed by atoms with Gasteiger partial charge in [0.2, 0.25) is 5.91 Å². The van der Waals surface area contributed by atoms with E-state index in [1.807, 2.05) is 0 Å². The first-order valence-corrected chi connectivity index (χ1v) is 8.81. The van der Waals surface area contributed by atoms with Crippen LogP contribution in [0, 0.1) is 11.8 Å². The van der Waals surface area contributed by atoms with Crippen LogP contribution >= 0.6 is 0 Å². The number of hydrogen-bond donors (Lipinski definition) is 1. The van der Waals surface area contributed by atoms with Crippen LogP contribution in [-0.2, 0) is 9.53 Å². The van der Waals surface area contributed by atoms with Crippen LogP contribution in [-0.4, -0.2) is 49.7 Å². The van der Waals surface area contributed by atoms with Crippen molar-refractivity contribution in [2.24, 2.45) is 11.8 Å². The van der Waals surface area contributed by atoms with Crippen LogP contribution in [0.25, 0.3) is 0 Å². The Balaban J connectivity index is 1.49. The Hall–Kier alpha value is -0.610. The molecule has 3 rings (SSSR count). The molecule has 0 spiro atoms. The number of rotatable bonds is 3. The lowest BCUT2D eigenvalue weighted by molar-refractivity contribution is -0.136. The van der Waals surface area contributed by atoms with Crippen molar-refractivity contribution in [2.45, 2.75) is 63.5 Å². The number of nitrogens with zero attached hydrogens (tertiary/aromatic N) is 1. The molecule has 1 saturated carbocycles. The van der Waals surface area contributed by atoms with E-state index >= 15 is 0 Å². The molecule has 3 atom stereocenters. The first-order valence-electron chi connectivity index (χ1n) is 8.81. The molecule has 3 fully saturated rings. The van der Waals surface area contributed by atoms with Gasteiger partial charge in [-0.05, 0) is 50.4 Å². The van der Waals surface area contributed by atoms with E-state index in [0.717, 1.165) is 44.9 Å². The van der Waals surface area contributed by atoms with Crippen LogP contribution in [0.1, 0.15) is 51.4 Å². The molecule has 3 aliphatic rings. The summed E-state index contributed by atoms with van der Waals surface area (Å²) in [6, 6.07) is 0.691. The van der Waals surface area contributed by atoms with Gasteiger partial charge in [-0.1, -0.05) is 12.8 Å². The quantitative estimate of drug-likeness (QED) is 0.867. The Morgan fingerprint density at radius 1 is 1.10 bits per heavy atom. The second-order valence-corrected chi connectivity index (χ2v) is 7.17. The molecular formula is C17H30N2O2. The lowest BCUT2D eigenvalue weighted by atomic mass is 9.77. The van der Waals surface area contributed by atoms with Gasteiger partial charge in [0.15, 0.2) is 0 Å². The van der Waals surface area contributed by atoms with Gasteiger partial charge in [-0.2, -0.15) is 0 Å². The molecule has 0 aromatic heterocycles. The largest absolute Gasteiger partial charge is 0.384 e. The Morgan fingerprint density at radius 3 is 2.62 bits per heavy atom. The molecular weight excluding hydrogens is 264 g/mol. The van der Waals surface area contributed by atoms with Crippen molar-refractivity contribution in [3.8, 4) is 0 Å². The van der Waals surface area contributed by atoms with E-state index in [1.54, 1.807) is 7.11 Å². The summed E-state index contributed by atoms with van der Waals surface area (Å²) in [5.74, 6) is 1.83. The van der Waals surface area contributed by atoms with Crippen molar-refractivity contribution in [1.82, 2.24) is 10.2 Å². The first kappa shape index (κ1) is 15.3. The van der Waals surface area contributed by atoms with E-state index in [1.165, 1.54) is 32.1 Å². The van der Waals surface area contributed by atoms with Crippen LogP contribution in [0.4, 0.5) is 0 Å². The molecule has 2 heterocycles. The maximum absolute atomic E-state index is 12.7. The Kier molecular flexibility index (Phi) is 5.17. The lowest BCUT2D eigenvalue weighted by Gasteiger charge is -2.42. The molecule has 21 heavy (non-hydrogen) atoms. The lowest BCUT2D eigenvalue weighted by Crippen LogP contribution is -2.56. The third-order valence-electron chi connectivity index (χ3n) is 5.78. The monoisotopic (exact) mass is 294 g/mol. The minimum Gasteiger partial charge on any atom is -0.384 e. The number of methoxy groups -OCH3 is 1. The van der Waals surface area contributed by atoms with Crippen LogP contribution < -0.4 is 5.32 Å². The second kappa shape index (κ2) is 7.10. The summed E-state index contributed by atoms with van der Waals surface area (Å²) in [5, 5.41) is 3.67. The number of nitrogens with one attached hydrogen (secondary N) is 1. The molecule has 3 unspecified atom stereocenters. The Labute approximate surface area is 128 Å². The molecule has 1 amide bonds. The van der Waals surface area contributed by atoms with E-state index in [0.29, 0.717) is 17.9 Å². The van der Waals surface area contributed by atoms with E-state index < -0.39 is 0 Å². The molecule has 0 aromatic rings. The van der Waals surface area contributed by atoms with Crippen LogP contribution in [0.15, 0.2) is 0 Å². The van der Waals surface area contributed by atoms with Gasteiger partial charge < -0.3 is 15.0 Å². The summed E-state index contributed by atoms with van der Waals surface area (Å²) in [6.07, 6.45) is 9.82. The first-order chi connectivity index (χ1) is 10.3. The highest BCUT2D eigenvalue weighted by atomic mass is 16.5. The van der Waals surface area contributed by atoms with Crippen molar-refractivity contribution >= 4 is 5.91 Å². The minimum absolute atomic E-state index is 0.0864. The zero-order valence-electron chi connectivity index (χ0n) is 13.4. The number of amides is 1. The molecule has 2 aliphatic heterocycles. The standard InChI is InChI=1S/C17H30N2O2/c1-21-12-13-8-10-19(11-9-13)17(20)16-7-6-14-4-2-3-5-15(14)18-16/h13-16,18H,2-12H2,1H3. The number of carbonyl (C=O) groups is 1. The normalized spacial score (nSPS) is 34.5. The third-order valence-corrected chi connectivity index (χ3v) is 5.78. The highest BCUT2D eigenvalue weighted by molar-refractivity contribution is 5.82. The topological polar surface area (TPSA) is 41.6 Å². The van der Waals surface area contributed by atoms with Crippen molar-refractivity contribution in [3.05, 3.63) is 0 Å². The van der Waals surface area contributed by atoms with Gasteiger partial charge in [0.25, 0.3) is 0 Å². The highest BCUT2D eigenvalue weighted by Gasteiger charge is 2.36. The van der Waals surface area contributed by atoms with Crippen molar-refractivity contribution in [1.29, 1.82) is 0 Å². The number of hydrogen-bond acceptors (Lipinski definition) is 3. The summed E-state index contributed by atoms with van der Waals surface area (Å²) >= 11 is 0. The van der Waals surface area contributed by atoms with Crippen molar-refractivity contribution < 1.29 is 9.53 Å². The molecule has 0 aromatic carbocycles. The second-order valence-electron chi connectivity index (χ2n) is 7.17. The van der Waals surface area contributed by atoms with Crippen LogP contribution in [0.3, 0.4) is 0 Å². The van der Waals surface area contributed by atoms with Gasteiger partial charge in [-0.15, -0.1) is 0 Å². The van der Waals surface area contributed by atoms with E-state index in [-0.39, 0.29) is 6.04 Å². The average Bonchev–Trinajstić information content (AvgIpc) is 2.55. The van der Waals surface area contributed by atoms with Gasteiger partial charge in [-0.25, -0.2) is 0 Å². The predicted octanol–water partition coefficient (Wildman–Crippen LogP) is 2.18. The highest BCUT2D eigenvalue weighted by Crippen LogP contribution is 2.32. The molecule has 1 N–H and O–H groups in total. The molecule has 0 bridgehead atoms. The Bertz CT molecular complexity index is 353. The van der Waals surface area contributed by atoms with Crippen LogP contribution in [0.2, 0.25) is 0 Å². The predicted molar refractivity (Wildman–Crippen MR) is 83.1 cm³/mol. The maximum Gasteiger partial charge on any atom is 0.239 e. The number of ether oxygens (including phenoxy) is 1. The van der Waals surface area contributed by atoms with Gasteiger partial charge in [-0.3, -0.25) is 4.79 Å². The SMILES string of the molecule is COCC1CCN(C(=O)C2CCC3CCCCC3N2)CC1. The van der Waals surface area contributed by atoms with Gasteiger partial charge in [0.05, 0.1) is 6.04 Å². The molecule has 120 valence electrons.